The van der Waals surface area contributed by atoms with Crippen molar-refractivity contribution in [1.82, 2.24) is 0 Å². The Kier molecular flexibility index (Phi) is 5.93. The van der Waals surface area contributed by atoms with Gasteiger partial charge in [-0.1, -0.05) is 6.92 Å². The summed E-state index contributed by atoms with van der Waals surface area (Å²) < 4.78 is 9.46. The Hall–Kier alpha value is -1.06. The third-order valence-electron chi connectivity index (χ3n) is 1.36. The topological polar surface area (TPSA) is 52.6 Å². The van der Waals surface area contributed by atoms with Crippen molar-refractivity contribution >= 4 is 11.9 Å². The van der Waals surface area contributed by atoms with E-state index < -0.39 is 0 Å². The van der Waals surface area contributed by atoms with Crippen LogP contribution in [0.1, 0.15) is 27.2 Å². The Balaban J connectivity index is 3.35. The maximum absolute atomic E-state index is 10.4. The molecule has 0 heterocycles. The molecule has 13 heavy (non-hydrogen) atoms. The molecule has 0 aliphatic heterocycles. The molecule has 0 aromatic carbocycles. The standard InChI is InChI=1S/C9H15O4/c1-7(6-13-9(3)11)4-5-12-8(2)10/h4-6H2,1-3H3. The zero-order chi connectivity index (χ0) is 10.3. The maximum Gasteiger partial charge on any atom is 0.302 e. The summed E-state index contributed by atoms with van der Waals surface area (Å²) in [6.45, 7) is 5.23. The van der Waals surface area contributed by atoms with Crippen molar-refractivity contribution in [2.24, 2.45) is 0 Å². The fourth-order valence-electron chi connectivity index (χ4n) is 0.666. The number of carbonyl (C=O) groups is 2. The van der Waals surface area contributed by atoms with Crippen molar-refractivity contribution in [2.45, 2.75) is 27.2 Å². The second-order valence-electron chi connectivity index (χ2n) is 2.83. The minimum Gasteiger partial charge on any atom is -0.466 e. The van der Waals surface area contributed by atoms with Crippen molar-refractivity contribution in [2.75, 3.05) is 13.2 Å². The predicted octanol–water partition coefficient (Wildman–Crippen LogP) is 1.10. The van der Waals surface area contributed by atoms with Crippen LogP contribution < -0.4 is 0 Å². The number of rotatable bonds is 5. The van der Waals surface area contributed by atoms with Crippen LogP contribution in [0, 0.1) is 5.92 Å². The third kappa shape index (κ3) is 8.85. The van der Waals surface area contributed by atoms with Gasteiger partial charge in [-0.2, -0.15) is 0 Å². The smallest absolute Gasteiger partial charge is 0.302 e. The number of ether oxygens (including phenoxy) is 2. The average Bonchev–Trinajstić information content (AvgIpc) is 2.00. The van der Waals surface area contributed by atoms with Crippen molar-refractivity contribution < 1.29 is 19.1 Å². The van der Waals surface area contributed by atoms with Crippen LogP contribution in [0.15, 0.2) is 0 Å². The monoisotopic (exact) mass is 187 g/mol. The SMILES string of the molecule is C[C](CCOC(C)=O)COC(C)=O. The van der Waals surface area contributed by atoms with Gasteiger partial charge >= 0.3 is 11.9 Å². The molecule has 0 unspecified atom stereocenters. The molecule has 0 atom stereocenters. The molecule has 0 fully saturated rings. The van der Waals surface area contributed by atoms with E-state index in [-0.39, 0.29) is 11.9 Å². The molecule has 0 saturated heterocycles. The van der Waals surface area contributed by atoms with Gasteiger partial charge in [0.1, 0.15) is 0 Å². The van der Waals surface area contributed by atoms with Gasteiger partial charge in [0.2, 0.25) is 0 Å². The van der Waals surface area contributed by atoms with Gasteiger partial charge in [-0.15, -0.1) is 0 Å². The van der Waals surface area contributed by atoms with Gasteiger partial charge in [0.05, 0.1) is 13.2 Å². The first-order valence-electron chi connectivity index (χ1n) is 4.10. The van der Waals surface area contributed by atoms with Gasteiger partial charge in [-0.3, -0.25) is 9.59 Å². The zero-order valence-corrected chi connectivity index (χ0v) is 8.25. The molecule has 0 aliphatic rings. The van der Waals surface area contributed by atoms with Crippen LogP contribution >= 0.6 is 0 Å². The highest BCUT2D eigenvalue weighted by Gasteiger charge is 2.05. The summed E-state index contributed by atoms with van der Waals surface area (Å²) in [7, 11) is 0. The molecule has 0 rings (SSSR count). The molecule has 0 aliphatic carbocycles. The molecule has 0 N–H and O–H groups in total. The Labute approximate surface area is 78.2 Å². The highest BCUT2D eigenvalue weighted by molar-refractivity contribution is 5.66. The summed E-state index contributed by atoms with van der Waals surface area (Å²) in [5, 5.41) is 0. The predicted molar refractivity (Wildman–Crippen MR) is 46.8 cm³/mol. The molecule has 0 aromatic heterocycles. The molecule has 4 nitrogen and oxygen atoms in total. The highest BCUT2D eigenvalue weighted by atomic mass is 16.5. The lowest BCUT2D eigenvalue weighted by Crippen LogP contribution is -2.11. The van der Waals surface area contributed by atoms with Gasteiger partial charge < -0.3 is 9.47 Å². The first-order chi connectivity index (χ1) is 6.02. The van der Waals surface area contributed by atoms with E-state index in [1.54, 1.807) is 0 Å². The summed E-state index contributed by atoms with van der Waals surface area (Å²) in [6.07, 6.45) is 0.632. The molecular weight excluding hydrogens is 172 g/mol. The molecule has 0 amide bonds. The number of esters is 2. The molecule has 1 radical (unpaired) electrons. The number of hydrogen-bond acceptors (Lipinski definition) is 4. The van der Waals surface area contributed by atoms with Crippen LogP contribution in [-0.2, 0) is 19.1 Å². The van der Waals surface area contributed by atoms with Crippen molar-refractivity contribution in [3.63, 3.8) is 0 Å². The van der Waals surface area contributed by atoms with Crippen LogP contribution in [0.5, 0.6) is 0 Å². The Morgan fingerprint density at radius 2 is 1.54 bits per heavy atom. The van der Waals surface area contributed by atoms with Crippen molar-refractivity contribution in [3.05, 3.63) is 5.92 Å². The number of carbonyl (C=O) groups excluding carboxylic acids is 2. The Morgan fingerprint density at radius 3 is 2.00 bits per heavy atom. The first-order valence-corrected chi connectivity index (χ1v) is 4.10. The van der Waals surface area contributed by atoms with Crippen LogP contribution in [-0.4, -0.2) is 25.2 Å². The van der Waals surface area contributed by atoms with Gasteiger partial charge in [0.15, 0.2) is 0 Å². The van der Waals surface area contributed by atoms with E-state index in [2.05, 4.69) is 0 Å². The summed E-state index contributed by atoms with van der Waals surface area (Å²) >= 11 is 0. The molecule has 0 aromatic rings. The van der Waals surface area contributed by atoms with Crippen molar-refractivity contribution in [3.8, 4) is 0 Å². The molecule has 4 heteroatoms. The van der Waals surface area contributed by atoms with E-state index in [9.17, 15) is 9.59 Å². The maximum atomic E-state index is 10.4. The van der Waals surface area contributed by atoms with Crippen LogP contribution in [0.25, 0.3) is 0 Å². The second-order valence-corrected chi connectivity index (χ2v) is 2.83. The first kappa shape index (κ1) is 11.9. The third-order valence-corrected chi connectivity index (χ3v) is 1.36. The van der Waals surface area contributed by atoms with Crippen LogP contribution in [0.3, 0.4) is 0 Å². The van der Waals surface area contributed by atoms with Gasteiger partial charge in [-0.05, 0) is 6.42 Å². The lowest BCUT2D eigenvalue weighted by molar-refractivity contribution is -0.142. The lowest BCUT2D eigenvalue weighted by atomic mass is 10.1. The van der Waals surface area contributed by atoms with Crippen LogP contribution in [0.4, 0.5) is 0 Å². The highest BCUT2D eigenvalue weighted by Crippen LogP contribution is 2.05. The molecule has 0 bridgehead atoms. The largest absolute Gasteiger partial charge is 0.466 e. The van der Waals surface area contributed by atoms with E-state index in [0.717, 1.165) is 5.92 Å². The van der Waals surface area contributed by atoms with Gasteiger partial charge in [-0.25, -0.2) is 0 Å². The van der Waals surface area contributed by atoms with E-state index in [1.807, 2.05) is 6.92 Å². The normalized spacial score (nSPS) is 9.85. The molecular formula is C9H15O4. The summed E-state index contributed by atoms with van der Waals surface area (Å²) in [4.78, 5) is 20.8. The molecule has 75 valence electrons. The molecule has 0 saturated carbocycles. The molecule has 0 spiro atoms. The minimum atomic E-state index is -0.299. The van der Waals surface area contributed by atoms with E-state index in [0.29, 0.717) is 19.6 Å². The van der Waals surface area contributed by atoms with Crippen LogP contribution in [0.2, 0.25) is 0 Å². The zero-order valence-electron chi connectivity index (χ0n) is 8.25. The van der Waals surface area contributed by atoms with Gasteiger partial charge in [0, 0.05) is 19.8 Å². The van der Waals surface area contributed by atoms with Gasteiger partial charge in [0.25, 0.3) is 0 Å². The summed E-state index contributed by atoms with van der Waals surface area (Å²) in [6, 6.07) is 0. The van der Waals surface area contributed by atoms with Crippen molar-refractivity contribution in [1.29, 1.82) is 0 Å². The number of hydrogen-bond donors (Lipinski definition) is 0. The second kappa shape index (κ2) is 6.46. The minimum absolute atomic E-state index is 0.291. The summed E-state index contributed by atoms with van der Waals surface area (Å²) in [5.74, 6) is 0.392. The Bertz CT molecular complexity index is 176. The quantitative estimate of drug-likeness (QED) is 0.605. The Morgan fingerprint density at radius 1 is 1.00 bits per heavy atom. The van der Waals surface area contributed by atoms with E-state index in [1.165, 1.54) is 13.8 Å². The fraction of sp³-hybridized carbons (Fsp3) is 0.667. The fourth-order valence-corrected chi connectivity index (χ4v) is 0.666. The summed E-state index contributed by atoms with van der Waals surface area (Å²) in [5.41, 5.74) is 0. The van der Waals surface area contributed by atoms with E-state index >= 15 is 0 Å². The average molecular weight is 187 g/mol. The van der Waals surface area contributed by atoms with E-state index in [4.69, 9.17) is 9.47 Å². The lowest BCUT2D eigenvalue weighted by Gasteiger charge is -2.09.